The SMILES string of the molecule is CCN(CC)C(=O)Oc1ccc2c(ccn2Cc2ccccc2I)c1-c1ccc(C#N)cc1. The molecular weight excluding hydrogens is 525 g/mol. The summed E-state index contributed by atoms with van der Waals surface area (Å²) in [6, 6.07) is 23.8. The van der Waals surface area contributed by atoms with E-state index in [1.54, 1.807) is 17.0 Å². The molecule has 0 bridgehead atoms. The van der Waals surface area contributed by atoms with E-state index < -0.39 is 0 Å². The highest BCUT2D eigenvalue weighted by atomic mass is 127. The van der Waals surface area contributed by atoms with E-state index in [0.717, 1.165) is 28.6 Å². The number of ether oxygens (including phenoxy) is 1. The fourth-order valence-corrected chi connectivity index (χ4v) is 4.49. The molecule has 33 heavy (non-hydrogen) atoms. The van der Waals surface area contributed by atoms with Crippen molar-refractivity contribution in [2.24, 2.45) is 0 Å². The first-order chi connectivity index (χ1) is 16.0. The lowest BCUT2D eigenvalue weighted by Crippen LogP contribution is -2.33. The summed E-state index contributed by atoms with van der Waals surface area (Å²) in [5, 5.41) is 10.2. The van der Waals surface area contributed by atoms with Crippen molar-refractivity contribution in [3.8, 4) is 22.9 Å². The van der Waals surface area contributed by atoms with Gasteiger partial charge < -0.3 is 14.2 Å². The highest BCUT2D eigenvalue weighted by Crippen LogP contribution is 2.38. The van der Waals surface area contributed by atoms with Crippen LogP contribution in [0, 0.1) is 14.9 Å². The number of hydrogen-bond donors (Lipinski definition) is 0. The molecule has 1 amide bonds. The Hall–Kier alpha value is -3.31. The van der Waals surface area contributed by atoms with Crippen LogP contribution >= 0.6 is 22.6 Å². The number of hydrogen-bond acceptors (Lipinski definition) is 3. The number of benzene rings is 3. The zero-order chi connectivity index (χ0) is 23.4. The lowest BCUT2D eigenvalue weighted by molar-refractivity contribution is 0.157. The first-order valence-corrected chi connectivity index (χ1v) is 12.0. The van der Waals surface area contributed by atoms with E-state index in [2.05, 4.69) is 63.7 Å². The number of carbonyl (C=O) groups is 1. The molecule has 3 aromatic carbocycles. The van der Waals surface area contributed by atoms with E-state index in [4.69, 9.17) is 4.74 Å². The van der Waals surface area contributed by atoms with Gasteiger partial charge in [-0.3, -0.25) is 0 Å². The molecule has 4 aromatic rings. The monoisotopic (exact) mass is 549 g/mol. The molecule has 0 saturated carbocycles. The Morgan fingerprint density at radius 2 is 1.76 bits per heavy atom. The minimum Gasteiger partial charge on any atom is -0.410 e. The first kappa shape index (κ1) is 22.9. The molecule has 0 aliphatic heterocycles. The Balaban J connectivity index is 1.83. The van der Waals surface area contributed by atoms with Crippen molar-refractivity contribution in [3.63, 3.8) is 0 Å². The van der Waals surface area contributed by atoms with Gasteiger partial charge >= 0.3 is 6.09 Å². The van der Waals surface area contributed by atoms with Crippen LogP contribution in [0.25, 0.3) is 22.0 Å². The van der Waals surface area contributed by atoms with E-state index in [-0.39, 0.29) is 6.09 Å². The molecule has 5 nitrogen and oxygen atoms in total. The number of nitrogens with zero attached hydrogens (tertiary/aromatic N) is 3. The molecule has 0 spiro atoms. The topological polar surface area (TPSA) is 58.3 Å². The zero-order valence-corrected chi connectivity index (χ0v) is 20.7. The summed E-state index contributed by atoms with van der Waals surface area (Å²) in [7, 11) is 0. The lowest BCUT2D eigenvalue weighted by atomic mass is 9.99. The van der Waals surface area contributed by atoms with Crippen LogP contribution < -0.4 is 4.74 Å². The third kappa shape index (κ3) is 4.74. The average molecular weight is 549 g/mol. The third-order valence-electron chi connectivity index (χ3n) is 5.73. The second-order valence-electron chi connectivity index (χ2n) is 7.64. The average Bonchev–Trinajstić information content (AvgIpc) is 3.24. The molecule has 0 fully saturated rings. The van der Waals surface area contributed by atoms with E-state index in [9.17, 15) is 10.1 Å². The Labute approximate surface area is 207 Å². The fraction of sp³-hybridized carbons (Fsp3) is 0.185. The van der Waals surface area contributed by atoms with E-state index in [1.165, 1.54) is 9.13 Å². The van der Waals surface area contributed by atoms with Crippen LogP contribution in [-0.4, -0.2) is 28.6 Å². The standard InChI is InChI=1S/C27H24IN3O2/c1-3-30(4-2)27(32)33-25-14-13-24-22(26(25)20-11-9-19(17-29)10-12-20)15-16-31(24)18-21-7-5-6-8-23(21)28/h5-16H,3-4,18H2,1-2H3. The second-order valence-corrected chi connectivity index (χ2v) is 8.80. The van der Waals surface area contributed by atoms with Gasteiger partial charge in [-0.25, -0.2) is 4.79 Å². The Kier molecular flexibility index (Phi) is 6.99. The molecule has 1 aromatic heterocycles. The van der Waals surface area contributed by atoms with Crippen molar-refractivity contribution in [2.75, 3.05) is 13.1 Å². The van der Waals surface area contributed by atoms with Crippen LogP contribution in [0.5, 0.6) is 5.75 Å². The van der Waals surface area contributed by atoms with Gasteiger partial charge in [0.2, 0.25) is 0 Å². The van der Waals surface area contributed by atoms with Crippen molar-refractivity contribution < 1.29 is 9.53 Å². The maximum Gasteiger partial charge on any atom is 0.415 e. The van der Waals surface area contributed by atoms with Gasteiger partial charge in [0.05, 0.1) is 11.6 Å². The minimum atomic E-state index is -0.368. The van der Waals surface area contributed by atoms with Crippen molar-refractivity contribution in [1.82, 2.24) is 9.47 Å². The van der Waals surface area contributed by atoms with Gasteiger partial charge in [0, 0.05) is 45.9 Å². The number of amides is 1. The highest BCUT2D eigenvalue weighted by Gasteiger charge is 2.19. The van der Waals surface area contributed by atoms with Gasteiger partial charge in [0.15, 0.2) is 0 Å². The number of halogens is 1. The number of aromatic nitrogens is 1. The number of carbonyl (C=O) groups excluding carboxylic acids is 1. The number of nitriles is 1. The molecule has 0 unspecified atom stereocenters. The molecule has 4 rings (SSSR count). The highest BCUT2D eigenvalue weighted by molar-refractivity contribution is 14.1. The predicted molar refractivity (Wildman–Crippen MR) is 139 cm³/mol. The summed E-state index contributed by atoms with van der Waals surface area (Å²) >= 11 is 2.36. The van der Waals surface area contributed by atoms with Crippen LogP contribution in [0.3, 0.4) is 0 Å². The van der Waals surface area contributed by atoms with Gasteiger partial charge in [-0.15, -0.1) is 0 Å². The predicted octanol–water partition coefficient (Wildman–Crippen LogP) is 6.67. The molecule has 6 heteroatoms. The third-order valence-corrected chi connectivity index (χ3v) is 6.79. The van der Waals surface area contributed by atoms with E-state index >= 15 is 0 Å². The van der Waals surface area contributed by atoms with Crippen molar-refractivity contribution >= 4 is 39.6 Å². The summed E-state index contributed by atoms with van der Waals surface area (Å²) in [4.78, 5) is 14.4. The van der Waals surface area contributed by atoms with Gasteiger partial charge in [0.1, 0.15) is 5.75 Å². The molecule has 0 aliphatic carbocycles. The maximum absolute atomic E-state index is 12.7. The lowest BCUT2D eigenvalue weighted by Gasteiger charge is -2.20. The summed E-state index contributed by atoms with van der Waals surface area (Å²) in [5.74, 6) is 0.510. The summed E-state index contributed by atoms with van der Waals surface area (Å²) in [6.45, 7) is 5.76. The summed E-state index contributed by atoms with van der Waals surface area (Å²) in [6.07, 6.45) is 1.70. The Morgan fingerprint density at radius 1 is 1.03 bits per heavy atom. The molecule has 0 saturated heterocycles. The smallest absolute Gasteiger partial charge is 0.410 e. The number of fused-ring (bicyclic) bond motifs is 1. The molecule has 0 aliphatic rings. The second kappa shape index (κ2) is 10.1. The van der Waals surface area contributed by atoms with Crippen LogP contribution in [-0.2, 0) is 6.54 Å². The molecule has 0 atom stereocenters. The van der Waals surface area contributed by atoms with E-state index in [1.807, 2.05) is 44.2 Å². The molecule has 0 N–H and O–H groups in total. The Morgan fingerprint density at radius 3 is 2.42 bits per heavy atom. The van der Waals surface area contributed by atoms with Crippen LogP contribution in [0.4, 0.5) is 4.79 Å². The quantitative estimate of drug-likeness (QED) is 0.253. The van der Waals surface area contributed by atoms with Crippen LogP contribution in [0.15, 0.2) is 72.9 Å². The minimum absolute atomic E-state index is 0.368. The number of rotatable bonds is 6. The van der Waals surface area contributed by atoms with Crippen molar-refractivity contribution in [3.05, 3.63) is 87.6 Å². The molecule has 166 valence electrons. The molecular formula is C27H24IN3O2. The summed E-state index contributed by atoms with van der Waals surface area (Å²) < 4.78 is 9.29. The summed E-state index contributed by atoms with van der Waals surface area (Å²) in [5.41, 5.74) is 4.63. The Bertz CT molecular complexity index is 1330. The van der Waals surface area contributed by atoms with Crippen LogP contribution in [0.2, 0.25) is 0 Å². The van der Waals surface area contributed by atoms with Crippen molar-refractivity contribution in [2.45, 2.75) is 20.4 Å². The first-order valence-electron chi connectivity index (χ1n) is 10.9. The van der Waals surface area contributed by atoms with Crippen LogP contribution in [0.1, 0.15) is 25.0 Å². The normalized spacial score (nSPS) is 10.7. The molecule has 1 heterocycles. The fourth-order valence-electron chi connectivity index (χ4n) is 3.94. The van der Waals surface area contributed by atoms with Gasteiger partial charge in [-0.1, -0.05) is 30.3 Å². The van der Waals surface area contributed by atoms with Gasteiger partial charge in [-0.05, 0) is 84.0 Å². The van der Waals surface area contributed by atoms with Gasteiger partial charge in [0.25, 0.3) is 0 Å². The zero-order valence-electron chi connectivity index (χ0n) is 18.6. The van der Waals surface area contributed by atoms with Crippen molar-refractivity contribution in [1.29, 1.82) is 5.26 Å². The molecule has 0 radical (unpaired) electrons. The van der Waals surface area contributed by atoms with Gasteiger partial charge in [-0.2, -0.15) is 5.26 Å². The van der Waals surface area contributed by atoms with E-state index in [0.29, 0.717) is 24.4 Å². The largest absolute Gasteiger partial charge is 0.415 e. The maximum atomic E-state index is 12.7.